The number of aromatic nitrogens is 2. The number of methoxy groups -OCH3 is 1. The monoisotopic (exact) mass is 406 g/mol. The molecule has 1 aliphatic heterocycles. The minimum atomic E-state index is -0.0275. The predicted octanol–water partition coefficient (Wildman–Crippen LogP) is 4.32. The van der Waals surface area contributed by atoms with Crippen molar-refractivity contribution in [2.45, 2.75) is 32.5 Å². The topological polar surface area (TPSA) is 42.3 Å². The normalized spacial score (nSPS) is 18.9. The van der Waals surface area contributed by atoms with E-state index in [1.54, 1.807) is 7.11 Å². The fourth-order valence-corrected chi connectivity index (χ4v) is 4.54. The highest BCUT2D eigenvalue weighted by Gasteiger charge is 2.42. The Hall–Kier alpha value is -2.70. The molecule has 1 aliphatic rings. The van der Waals surface area contributed by atoms with Gasteiger partial charge in [0, 0.05) is 36.9 Å². The first-order valence-electron chi connectivity index (χ1n) is 9.83. The number of anilines is 1. The van der Waals surface area contributed by atoms with Crippen molar-refractivity contribution in [2.75, 3.05) is 18.6 Å². The second kappa shape index (κ2) is 8.35. The van der Waals surface area contributed by atoms with Crippen LogP contribution in [0.3, 0.4) is 0 Å². The lowest BCUT2D eigenvalue weighted by Gasteiger charge is -2.28. The first-order valence-corrected chi connectivity index (χ1v) is 10.2. The van der Waals surface area contributed by atoms with E-state index in [4.69, 9.17) is 17.0 Å². The van der Waals surface area contributed by atoms with Gasteiger partial charge in [-0.1, -0.05) is 24.3 Å². The van der Waals surface area contributed by atoms with E-state index >= 15 is 0 Å². The Balaban J connectivity index is 1.83. The van der Waals surface area contributed by atoms with E-state index in [0.29, 0.717) is 6.61 Å². The molecule has 150 valence electrons. The standard InChI is InChI=1S/C23H26N4OS/c1-16-15-19(17(2)26(16)13-14-28-3)22-21(20-11-7-8-12-24-20)25-23(29)27(22)18-9-5-4-6-10-18/h4-12,15,21-22H,13-14H2,1-3H3,(H,25,29). The summed E-state index contributed by atoms with van der Waals surface area (Å²) in [7, 11) is 1.74. The van der Waals surface area contributed by atoms with Crippen molar-refractivity contribution in [3.05, 3.63) is 83.4 Å². The summed E-state index contributed by atoms with van der Waals surface area (Å²) in [5, 5.41) is 4.25. The van der Waals surface area contributed by atoms with Crippen LogP contribution in [-0.4, -0.2) is 28.4 Å². The van der Waals surface area contributed by atoms with E-state index in [0.717, 1.165) is 23.0 Å². The van der Waals surface area contributed by atoms with Gasteiger partial charge in [-0.3, -0.25) is 4.98 Å². The fourth-order valence-electron chi connectivity index (χ4n) is 4.19. The van der Waals surface area contributed by atoms with Crippen molar-refractivity contribution >= 4 is 23.0 Å². The van der Waals surface area contributed by atoms with Gasteiger partial charge in [0.15, 0.2) is 5.11 Å². The summed E-state index contributed by atoms with van der Waals surface area (Å²) in [5.74, 6) is 0. The molecule has 6 heteroatoms. The zero-order chi connectivity index (χ0) is 20.4. The molecule has 0 radical (unpaired) electrons. The first-order chi connectivity index (χ1) is 14.1. The third-order valence-electron chi connectivity index (χ3n) is 5.58. The maximum Gasteiger partial charge on any atom is 0.174 e. The number of nitrogens with zero attached hydrogens (tertiary/aromatic N) is 3. The number of rotatable bonds is 6. The molecule has 0 bridgehead atoms. The predicted molar refractivity (Wildman–Crippen MR) is 120 cm³/mol. The molecule has 1 fully saturated rings. The van der Waals surface area contributed by atoms with Gasteiger partial charge < -0.3 is 19.5 Å². The zero-order valence-corrected chi connectivity index (χ0v) is 17.8. The molecule has 0 amide bonds. The van der Waals surface area contributed by atoms with Gasteiger partial charge in [-0.15, -0.1) is 0 Å². The van der Waals surface area contributed by atoms with Crippen molar-refractivity contribution in [2.24, 2.45) is 0 Å². The summed E-state index contributed by atoms with van der Waals surface area (Å²) < 4.78 is 7.63. The first kappa shape index (κ1) is 19.6. The third kappa shape index (κ3) is 3.66. The number of nitrogens with one attached hydrogen (secondary N) is 1. The van der Waals surface area contributed by atoms with E-state index < -0.39 is 0 Å². The van der Waals surface area contributed by atoms with Crippen LogP contribution in [0.5, 0.6) is 0 Å². The van der Waals surface area contributed by atoms with Gasteiger partial charge in [-0.2, -0.15) is 0 Å². The van der Waals surface area contributed by atoms with Crippen molar-refractivity contribution < 1.29 is 4.74 Å². The molecule has 0 saturated carbocycles. The average molecular weight is 407 g/mol. The maximum atomic E-state index is 5.79. The van der Waals surface area contributed by atoms with E-state index in [1.165, 1.54) is 17.0 Å². The van der Waals surface area contributed by atoms with Crippen LogP contribution in [-0.2, 0) is 11.3 Å². The minimum Gasteiger partial charge on any atom is -0.383 e. The van der Waals surface area contributed by atoms with Crippen LogP contribution in [0.1, 0.15) is 34.7 Å². The van der Waals surface area contributed by atoms with Crippen LogP contribution >= 0.6 is 12.2 Å². The highest BCUT2D eigenvalue weighted by Crippen LogP contribution is 2.43. The average Bonchev–Trinajstić information content (AvgIpc) is 3.23. The molecule has 2 atom stereocenters. The van der Waals surface area contributed by atoms with Gasteiger partial charge in [0.25, 0.3) is 0 Å². The summed E-state index contributed by atoms with van der Waals surface area (Å²) >= 11 is 5.79. The van der Waals surface area contributed by atoms with Crippen LogP contribution in [0, 0.1) is 13.8 Å². The van der Waals surface area contributed by atoms with Crippen LogP contribution in [0.25, 0.3) is 0 Å². The van der Waals surface area contributed by atoms with Gasteiger partial charge in [0.2, 0.25) is 0 Å². The van der Waals surface area contributed by atoms with Crippen LogP contribution < -0.4 is 10.2 Å². The molecule has 0 spiro atoms. The number of para-hydroxylation sites is 1. The summed E-state index contributed by atoms with van der Waals surface area (Å²) in [4.78, 5) is 6.85. The quantitative estimate of drug-likeness (QED) is 0.618. The van der Waals surface area contributed by atoms with Crippen LogP contribution in [0.15, 0.2) is 60.8 Å². The molecule has 0 aliphatic carbocycles. The number of pyridine rings is 1. The Morgan fingerprint density at radius 1 is 1.10 bits per heavy atom. The Morgan fingerprint density at radius 2 is 1.86 bits per heavy atom. The lowest BCUT2D eigenvalue weighted by molar-refractivity contribution is 0.186. The number of hydrogen-bond donors (Lipinski definition) is 1. The van der Waals surface area contributed by atoms with Gasteiger partial charge in [0.05, 0.1) is 24.4 Å². The fraction of sp³-hybridized carbons (Fsp3) is 0.304. The molecular weight excluding hydrogens is 380 g/mol. The van der Waals surface area contributed by atoms with Crippen molar-refractivity contribution in [1.82, 2.24) is 14.9 Å². The van der Waals surface area contributed by atoms with E-state index in [1.807, 2.05) is 36.5 Å². The number of thiocarbonyl (C=S) groups is 1. The second-order valence-electron chi connectivity index (χ2n) is 7.30. The van der Waals surface area contributed by atoms with E-state index in [-0.39, 0.29) is 12.1 Å². The Bertz CT molecular complexity index is 987. The van der Waals surface area contributed by atoms with Crippen molar-refractivity contribution in [3.63, 3.8) is 0 Å². The van der Waals surface area contributed by atoms with Gasteiger partial charge in [-0.05, 0) is 62.0 Å². The molecule has 3 heterocycles. The van der Waals surface area contributed by atoms with E-state index in [2.05, 4.69) is 57.9 Å². The third-order valence-corrected chi connectivity index (χ3v) is 5.90. The molecule has 3 aromatic rings. The summed E-state index contributed by atoms with van der Waals surface area (Å²) in [6.07, 6.45) is 1.84. The maximum absolute atomic E-state index is 5.79. The molecule has 4 rings (SSSR count). The number of aryl methyl sites for hydroxylation is 1. The molecule has 1 aromatic carbocycles. The van der Waals surface area contributed by atoms with Crippen LogP contribution in [0.2, 0.25) is 0 Å². The molecule has 2 aromatic heterocycles. The Morgan fingerprint density at radius 3 is 2.55 bits per heavy atom. The summed E-state index contributed by atoms with van der Waals surface area (Å²) in [6.45, 7) is 5.84. The number of hydrogen-bond acceptors (Lipinski definition) is 3. The van der Waals surface area contributed by atoms with Crippen molar-refractivity contribution in [3.8, 4) is 0 Å². The van der Waals surface area contributed by atoms with Crippen molar-refractivity contribution in [1.29, 1.82) is 0 Å². The van der Waals surface area contributed by atoms with E-state index in [9.17, 15) is 0 Å². The van der Waals surface area contributed by atoms with Gasteiger partial charge in [0.1, 0.15) is 0 Å². The zero-order valence-electron chi connectivity index (χ0n) is 17.0. The lowest BCUT2D eigenvalue weighted by Crippen LogP contribution is -2.29. The molecule has 1 N–H and O–H groups in total. The molecular formula is C23H26N4OS. The molecule has 29 heavy (non-hydrogen) atoms. The lowest BCUT2D eigenvalue weighted by atomic mass is 9.96. The molecule has 2 unspecified atom stereocenters. The molecule has 5 nitrogen and oxygen atoms in total. The highest BCUT2D eigenvalue weighted by atomic mass is 32.1. The largest absolute Gasteiger partial charge is 0.383 e. The van der Waals surface area contributed by atoms with Gasteiger partial charge >= 0.3 is 0 Å². The van der Waals surface area contributed by atoms with Gasteiger partial charge in [-0.25, -0.2) is 0 Å². The smallest absolute Gasteiger partial charge is 0.174 e. The Labute approximate surface area is 177 Å². The minimum absolute atomic E-state index is 0.0160. The summed E-state index contributed by atoms with van der Waals surface area (Å²) in [5.41, 5.74) is 5.78. The van der Waals surface area contributed by atoms with Crippen LogP contribution in [0.4, 0.5) is 5.69 Å². The number of ether oxygens (including phenoxy) is 1. The second-order valence-corrected chi connectivity index (χ2v) is 7.69. The number of benzene rings is 1. The Kier molecular flexibility index (Phi) is 5.65. The highest BCUT2D eigenvalue weighted by molar-refractivity contribution is 7.80. The molecule has 1 saturated heterocycles. The SMILES string of the molecule is COCCn1c(C)cc(C2C(c3ccccn3)NC(=S)N2c2ccccc2)c1C. The summed E-state index contributed by atoms with van der Waals surface area (Å²) in [6, 6.07) is 18.6.